The van der Waals surface area contributed by atoms with Crippen molar-refractivity contribution in [2.24, 2.45) is 5.10 Å². The fourth-order valence-electron chi connectivity index (χ4n) is 1.78. The van der Waals surface area contributed by atoms with Crippen LogP contribution in [0.4, 0.5) is 5.69 Å². The van der Waals surface area contributed by atoms with Gasteiger partial charge in [-0.3, -0.25) is 14.9 Å². The molecule has 0 unspecified atom stereocenters. The lowest BCUT2D eigenvalue weighted by atomic mass is 10.2. The van der Waals surface area contributed by atoms with Crippen LogP contribution in [0, 0.1) is 10.1 Å². The van der Waals surface area contributed by atoms with Gasteiger partial charge in [-0.05, 0) is 30.3 Å². The molecule has 0 bridgehead atoms. The molecule has 0 fully saturated rings. The van der Waals surface area contributed by atoms with Gasteiger partial charge in [0.2, 0.25) is 0 Å². The van der Waals surface area contributed by atoms with E-state index >= 15 is 0 Å². The van der Waals surface area contributed by atoms with Gasteiger partial charge in [-0.15, -0.1) is 0 Å². The molecule has 2 aromatic rings. The van der Waals surface area contributed by atoms with E-state index in [1.165, 1.54) is 18.3 Å². The number of hydrogen-bond acceptors (Lipinski definition) is 6. The summed E-state index contributed by atoms with van der Waals surface area (Å²) in [6, 6.07) is 10.9. The van der Waals surface area contributed by atoms with Crippen LogP contribution in [0.5, 0.6) is 11.5 Å². The molecule has 0 aliphatic heterocycles. The van der Waals surface area contributed by atoms with Gasteiger partial charge in [0.05, 0.1) is 18.2 Å². The van der Waals surface area contributed by atoms with Crippen molar-refractivity contribution in [3.63, 3.8) is 0 Å². The van der Waals surface area contributed by atoms with E-state index in [1.54, 1.807) is 37.4 Å². The number of nitro benzene ring substituents is 1. The van der Waals surface area contributed by atoms with Crippen LogP contribution in [-0.4, -0.2) is 30.8 Å². The second-order valence-electron chi connectivity index (χ2n) is 4.73. The molecule has 0 atom stereocenters. The summed E-state index contributed by atoms with van der Waals surface area (Å²) < 4.78 is 10.3. The third-order valence-corrected chi connectivity index (χ3v) is 3.32. The molecule has 0 aliphatic rings. The highest BCUT2D eigenvalue weighted by atomic mass is 35.5. The van der Waals surface area contributed by atoms with Crippen molar-refractivity contribution >= 4 is 29.4 Å². The fourth-order valence-corrected chi connectivity index (χ4v) is 1.97. The number of nitrogens with one attached hydrogen (secondary N) is 1. The normalized spacial score (nSPS) is 10.5. The number of carbonyl (C=O) groups is 1. The summed E-state index contributed by atoms with van der Waals surface area (Å²) in [5.74, 6) is 0.710. The van der Waals surface area contributed by atoms with Crippen molar-refractivity contribution in [1.29, 1.82) is 0 Å². The maximum Gasteiger partial charge on any atom is 0.288 e. The molecular formula is C16H14ClN3O5. The standard InChI is InChI=1S/C16H14ClN3O5/c1-24-12-3-5-13(6-4-12)25-10-16(21)19-18-9-11-2-7-14(17)15(8-11)20(22)23/h2-9H,10H2,1H3,(H,19,21). The molecule has 1 amide bonds. The molecule has 130 valence electrons. The van der Waals surface area contributed by atoms with E-state index in [1.807, 2.05) is 0 Å². The van der Waals surface area contributed by atoms with E-state index in [0.717, 1.165) is 0 Å². The summed E-state index contributed by atoms with van der Waals surface area (Å²) in [5, 5.41) is 14.5. The van der Waals surface area contributed by atoms with Gasteiger partial charge in [0.15, 0.2) is 6.61 Å². The Balaban J connectivity index is 1.85. The Labute approximate surface area is 148 Å². The zero-order valence-corrected chi connectivity index (χ0v) is 13.9. The number of carbonyl (C=O) groups excluding carboxylic acids is 1. The van der Waals surface area contributed by atoms with Crippen molar-refractivity contribution < 1.29 is 19.2 Å². The molecule has 2 rings (SSSR count). The number of nitro groups is 1. The van der Waals surface area contributed by atoms with Crippen molar-refractivity contribution in [3.05, 3.63) is 63.2 Å². The van der Waals surface area contributed by atoms with Crippen LogP contribution in [0.2, 0.25) is 5.02 Å². The lowest BCUT2D eigenvalue weighted by molar-refractivity contribution is -0.384. The average molecular weight is 364 g/mol. The van der Waals surface area contributed by atoms with E-state index in [9.17, 15) is 14.9 Å². The molecule has 0 radical (unpaired) electrons. The molecule has 0 aromatic heterocycles. The van der Waals surface area contributed by atoms with Crippen LogP contribution in [0.15, 0.2) is 47.6 Å². The van der Waals surface area contributed by atoms with E-state index < -0.39 is 10.8 Å². The van der Waals surface area contributed by atoms with Crippen LogP contribution in [-0.2, 0) is 4.79 Å². The first-order chi connectivity index (χ1) is 12.0. The average Bonchev–Trinajstić information content (AvgIpc) is 2.61. The first kappa shape index (κ1) is 18.2. The van der Waals surface area contributed by atoms with Crippen LogP contribution < -0.4 is 14.9 Å². The predicted molar refractivity (Wildman–Crippen MR) is 92.3 cm³/mol. The number of rotatable bonds is 7. The number of halogens is 1. The van der Waals surface area contributed by atoms with Gasteiger partial charge in [-0.25, -0.2) is 5.43 Å². The number of hydrogen-bond donors (Lipinski definition) is 1. The Morgan fingerprint density at radius 3 is 2.60 bits per heavy atom. The predicted octanol–water partition coefficient (Wildman–Crippen LogP) is 2.79. The Morgan fingerprint density at radius 2 is 1.96 bits per heavy atom. The summed E-state index contributed by atoms with van der Waals surface area (Å²) >= 11 is 5.71. The van der Waals surface area contributed by atoms with Gasteiger partial charge in [0.25, 0.3) is 11.6 Å². The van der Waals surface area contributed by atoms with Crippen LogP contribution in [0.25, 0.3) is 0 Å². The molecule has 0 saturated carbocycles. The number of methoxy groups -OCH3 is 1. The quantitative estimate of drug-likeness (QED) is 0.463. The lowest BCUT2D eigenvalue weighted by Gasteiger charge is -2.05. The lowest BCUT2D eigenvalue weighted by Crippen LogP contribution is -2.24. The smallest absolute Gasteiger partial charge is 0.288 e. The highest BCUT2D eigenvalue weighted by Crippen LogP contribution is 2.24. The molecule has 0 aliphatic carbocycles. The molecule has 0 saturated heterocycles. The maximum absolute atomic E-state index is 11.7. The number of ether oxygens (including phenoxy) is 2. The molecule has 0 spiro atoms. The van der Waals surface area contributed by atoms with Crippen molar-refractivity contribution in [2.45, 2.75) is 0 Å². The van der Waals surface area contributed by atoms with Gasteiger partial charge >= 0.3 is 0 Å². The summed E-state index contributed by atoms with van der Waals surface area (Å²) in [6.45, 7) is -0.232. The largest absolute Gasteiger partial charge is 0.497 e. The molecule has 9 heteroatoms. The molecule has 8 nitrogen and oxygen atoms in total. The second kappa shape index (κ2) is 8.65. The van der Waals surface area contributed by atoms with Crippen molar-refractivity contribution in [2.75, 3.05) is 13.7 Å². The van der Waals surface area contributed by atoms with Crippen LogP contribution in [0.3, 0.4) is 0 Å². The number of benzene rings is 2. The summed E-state index contributed by atoms with van der Waals surface area (Å²) in [5.41, 5.74) is 2.45. The highest BCUT2D eigenvalue weighted by Gasteiger charge is 2.11. The molecule has 2 aromatic carbocycles. The summed E-state index contributed by atoms with van der Waals surface area (Å²) in [6.07, 6.45) is 1.27. The van der Waals surface area contributed by atoms with Gasteiger partial charge in [0, 0.05) is 11.6 Å². The van der Waals surface area contributed by atoms with Gasteiger partial charge in [-0.2, -0.15) is 5.10 Å². The maximum atomic E-state index is 11.7. The van der Waals surface area contributed by atoms with Crippen LogP contribution in [0.1, 0.15) is 5.56 Å². The number of nitrogens with zero attached hydrogens (tertiary/aromatic N) is 2. The number of amides is 1. The Kier molecular flexibility index (Phi) is 6.30. The Morgan fingerprint density at radius 1 is 1.28 bits per heavy atom. The van der Waals surface area contributed by atoms with Gasteiger partial charge < -0.3 is 9.47 Å². The van der Waals surface area contributed by atoms with E-state index in [2.05, 4.69) is 10.5 Å². The van der Waals surface area contributed by atoms with Gasteiger partial charge in [-0.1, -0.05) is 17.7 Å². The zero-order chi connectivity index (χ0) is 18.2. The zero-order valence-electron chi connectivity index (χ0n) is 13.1. The fraction of sp³-hybridized carbons (Fsp3) is 0.125. The topological polar surface area (TPSA) is 103 Å². The Hall–Kier alpha value is -3.13. The van der Waals surface area contributed by atoms with E-state index in [-0.39, 0.29) is 17.3 Å². The SMILES string of the molecule is COc1ccc(OCC(=O)NN=Cc2ccc(Cl)c([N+](=O)[O-])c2)cc1. The monoisotopic (exact) mass is 363 g/mol. The Bertz CT molecular complexity index is 793. The highest BCUT2D eigenvalue weighted by molar-refractivity contribution is 6.32. The van der Waals surface area contributed by atoms with Crippen molar-refractivity contribution in [3.8, 4) is 11.5 Å². The second-order valence-corrected chi connectivity index (χ2v) is 5.13. The molecule has 25 heavy (non-hydrogen) atoms. The third-order valence-electron chi connectivity index (χ3n) is 3.00. The number of hydrazone groups is 1. The molecule has 0 heterocycles. The first-order valence-electron chi connectivity index (χ1n) is 7.02. The van der Waals surface area contributed by atoms with E-state index in [4.69, 9.17) is 21.1 Å². The van der Waals surface area contributed by atoms with Crippen molar-refractivity contribution in [1.82, 2.24) is 5.43 Å². The van der Waals surface area contributed by atoms with E-state index in [0.29, 0.717) is 17.1 Å². The minimum Gasteiger partial charge on any atom is -0.497 e. The summed E-state index contributed by atoms with van der Waals surface area (Å²) in [4.78, 5) is 21.9. The molecule has 1 N–H and O–H groups in total. The first-order valence-corrected chi connectivity index (χ1v) is 7.40. The van der Waals surface area contributed by atoms with Gasteiger partial charge in [0.1, 0.15) is 16.5 Å². The minimum absolute atomic E-state index is 0.0269. The molecular weight excluding hydrogens is 350 g/mol. The minimum atomic E-state index is -0.596. The third kappa shape index (κ3) is 5.47. The van der Waals surface area contributed by atoms with Crippen LogP contribution >= 0.6 is 11.6 Å². The summed E-state index contributed by atoms with van der Waals surface area (Å²) in [7, 11) is 1.55.